The van der Waals surface area contributed by atoms with E-state index in [0.29, 0.717) is 19.0 Å². The third-order valence-corrected chi connectivity index (χ3v) is 4.15. The van der Waals surface area contributed by atoms with E-state index in [9.17, 15) is 4.79 Å². The molecular formula is C16H21N3OS. The Kier molecular flexibility index (Phi) is 5.75. The summed E-state index contributed by atoms with van der Waals surface area (Å²) in [6.07, 6.45) is 4.49. The molecule has 0 bridgehead atoms. The fourth-order valence-corrected chi connectivity index (χ4v) is 2.94. The SMILES string of the molecule is C[C@@H](CNC(=O)N(C)Cc1ccncc1)Cc1cccs1. The Balaban J connectivity index is 1.73. The van der Waals surface area contributed by atoms with E-state index in [1.165, 1.54) is 4.88 Å². The van der Waals surface area contributed by atoms with Crippen LogP contribution in [0.2, 0.25) is 0 Å². The number of aromatic nitrogens is 1. The fraction of sp³-hybridized carbons (Fsp3) is 0.375. The molecule has 0 spiro atoms. The molecule has 1 N–H and O–H groups in total. The lowest BCUT2D eigenvalue weighted by atomic mass is 10.1. The first kappa shape index (κ1) is 15.5. The van der Waals surface area contributed by atoms with Gasteiger partial charge in [0.1, 0.15) is 0 Å². The molecular weight excluding hydrogens is 282 g/mol. The number of hydrogen-bond acceptors (Lipinski definition) is 3. The summed E-state index contributed by atoms with van der Waals surface area (Å²) >= 11 is 1.76. The van der Waals surface area contributed by atoms with Gasteiger partial charge in [0.2, 0.25) is 0 Å². The predicted octanol–water partition coefficient (Wildman–Crippen LogP) is 3.16. The minimum Gasteiger partial charge on any atom is -0.338 e. The lowest BCUT2D eigenvalue weighted by Crippen LogP contribution is -2.39. The van der Waals surface area contributed by atoms with Crippen molar-refractivity contribution in [1.82, 2.24) is 15.2 Å². The number of amides is 2. The summed E-state index contributed by atoms with van der Waals surface area (Å²) in [5.74, 6) is 0.432. The Bertz CT molecular complexity index is 542. The van der Waals surface area contributed by atoms with Crippen LogP contribution in [0.4, 0.5) is 4.79 Å². The molecule has 21 heavy (non-hydrogen) atoms. The molecule has 4 nitrogen and oxygen atoms in total. The number of pyridine rings is 1. The molecule has 0 radical (unpaired) electrons. The van der Waals surface area contributed by atoms with E-state index in [1.54, 1.807) is 35.7 Å². The van der Waals surface area contributed by atoms with Gasteiger partial charge in [-0.05, 0) is 41.5 Å². The summed E-state index contributed by atoms with van der Waals surface area (Å²) in [5, 5.41) is 5.08. The van der Waals surface area contributed by atoms with Gasteiger partial charge in [-0.15, -0.1) is 11.3 Å². The Morgan fingerprint density at radius 2 is 2.14 bits per heavy atom. The van der Waals surface area contributed by atoms with Gasteiger partial charge in [-0.2, -0.15) is 0 Å². The fourth-order valence-electron chi connectivity index (χ4n) is 2.07. The number of rotatable bonds is 6. The molecule has 2 rings (SSSR count). The van der Waals surface area contributed by atoms with Crippen LogP contribution in [0.3, 0.4) is 0 Å². The van der Waals surface area contributed by atoms with Crippen LogP contribution in [0, 0.1) is 5.92 Å². The first-order valence-corrected chi connectivity index (χ1v) is 7.93. The number of carbonyl (C=O) groups excluding carboxylic acids is 1. The zero-order chi connectivity index (χ0) is 15.1. The van der Waals surface area contributed by atoms with Gasteiger partial charge in [-0.3, -0.25) is 4.98 Å². The lowest BCUT2D eigenvalue weighted by Gasteiger charge is -2.19. The molecule has 112 valence electrons. The lowest BCUT2D eigenvalue weighted by molar-refractivity contribution is 0.205. The smallest absolute Gasteiger partial charge is 0.317 e. The van der Waals surface area contributed by atoms with E-state index in [-0.39, 0.29) is 6.03 Å². The molecule has 2 amide bonds. The van der Waals surface area contributed by atoms with E-state index in [0.717, 1.165) is 12.0 Å². The molecule has 0 fully saturated rings. The number of thiophene rings is 1. The van der Waals surface area contributed by atoms with Crippen molar-refractivity contribution in [3.05, 3.63) is 52.5 Å². The van der Waals surface area contributed by atoms with Crippen molar-refractivity contribution in [3.8, 4) is 0 Å². The highest BCUT2D eigenvalue weighted by Crippen LogP contribution is 2.13. The van der Waals surface area contributed by atoms with Crippen LogP contribution in [0.5, 0.6) is 0 Å². The van der Waals surface area contributed by atoms with Crippen molar-refractivity contribution in [2.45, 2.75) is 19.9 Å². The molecule has 0 saturated heterocycles. The summed E-state index contributed by atoms with van der Waals surface area (Å²) in [7, 11) is 1.81. The second kappa shape index (κ2) is 7.78. The van der Waals surface area contributed by atoms with Crippen molar-refractivity contribution in [2.24, 2.45) is 5.92 Å². The van der Waals surface area contributed by atoms with Crippen LogP contribution in [0.25, 0.3) is 0 Å². The predicted molar refractivity (Wildman–Crippen MR) is 86.3 cm³/mol. The summed E-state index contributed by atoms with van der Waals surface area (Å²) in [6.45, 7) is 3.44. The van der Waals surface area contributed by atoms with Crippen molar-refractivity contribution >= 4 is 17.4 Å². The number of nitrogens with one attached hydrogen (secondary N) is 1. The summed E-state index contributed by atoms with van der Waals surface area (Å²) in [4.78, 5) is 19.1. The monoisotopic (exact) mass is 303 g/mol. The maximum absolute atomic E-state index is 12.1. The molecule has 0 aromatic carbocycles. The quantitative estimate of drug-likeness (QED) is 0.891. The highest BCUT2D eigenvalue weighted by atomic mass is 32.1. The Morgan fingerprint density at radius 3 is 2.81 bits per heavy atom. The first-order valence-electron chi connectivity index (χ1n) is 7.05. The number of hydrogen-bond donors (Lipinski definition) is 1. The van der Waals surface area contributed by atoms with Gasteiger partial charge in [-0.25, -0.2) is 4.79 Å². The van der Waals surface area contributed by atoms with Crippen LogP contribution in [-0.4, -0.2) is 29.5 Å². The number of nitrogens with zero attached hydrogens (tertiary/aromatic N) is 2. The van der Waals surface area contributed by atoms with Gasteiger partial charge in [-0.1, -0.05) is 13.0 Å². The van der Waals surface area contributed by atoms with Gasteiger partial charge >= 0.3 is 6.03 Å². The van der Waals surface area contributed by atoms with E-state index >= 15 is 0 Å². The summed E-state index contributed by atoms with van der Waals surface area (Å²) in [5.41, 5.74) is 1.08. The Morgan fingerprint density at radius 1 is 1.38 bits per heavy atom. The van der Waals surface area contributed by atoms with Gasteiger partial charge in [0.05, 0.1) is 0 Å². The average molecular weight is 303 g/mol. The second-order valence-electron chi connectivity index (χ2n) is 5.29. The number of urea groups is 1. The zero-order valence-electron chi connectivity index (χ0n) is 12.5. The van der Waals surface area contributed by atoms with Crippen LogP contribution >= 0.6 is 11.3 Å². The molecule has 2 heterocycles. The van der Waals surface area contributed by atoms with Crippen LogP contribution in [-0.2, 0) is 13.0 Å². The minimum absolute atomic E-state index is 0.0372. The van der Waals surface area contributed by atoms with E-state index in [1.807, 2.05) is 12.1 Å². The van der Waals surface area contributed by atoms with Crippen molar-refractivity contribution in [1.29, 1.82) is 0 Å². The zero-order valence-corrected chi connectivity index (χ0v) is 13.3. The standard InChI is InChI=1S/C16H21N3OS/c1-13(10-15-4-3-9-21-15)11-18-16(20)19(2)12-14-5-7-17-8-6-14/h3-9,13H,10-12H2,1-2H3,(H,18,20)/t13-/m1/s1. The van der Waals surface area contributed by atoms with Crippen LogP contribution in [0.1, 0.15) is 17.4 Å². The molecule has 0 aliphatic carbocycles. The van der Waals surface area contributed by atoms with E-state index in [4.69, 9.17) is 0 Å². The molecule has 0 aliphatic rings. The van der Waals surface area contributed by atoms with Gasteiger partial charge in [0.25, 0.3) is 0 Å². The van der Waals surface area contributed by atoms with Crippen LogP contribution in [0.15, 0.2) is 42.0 Å². The second-order valence-corrected chi connectivity index (χ2v) is 6.32. The molecule has 0 unspecified atom stereocenters. The number of carbonyl (C=O) groups is 1. The molecule has 5 heteroatoms. The normalized spacial score (nSPS) is 11.9. The Hall–Kier alpha value is -1.88. The molecule has 0 saturated carbocycles. The largest absolute Gasteiger partial charge is 0.338 e. The minimum atomic E-state index is -0.0372. The first-order chi connectivity index (χ1) is 10.1. The highest BCUT2D eigenvalue weighted by molar-refractivity contribution is 7.09. The van der Waals surface area contributed by atoms with Crippen molar-refractivity contribution in [3.63, 3.8) is 0 Å². The van der Waals surface area contributed by atoms with Gasteiger partial charge in [0.15, 0.2) is 0 Å². The maximum atomic E-state index is 12.1. The third-order valence-electron chi connectivity index (χ3n) is 3.25. The van der Waals surface area contributed by atoms with Gasteiger partial charge < -0.3 is 10.2 Å². The average Bonchev–Trinajstić information content (AvgIpc) is 2.98. The third kappa shape index (κ3) is 5.19. The summed E-state index contributed by atoms with van der Waals surface area (Å²) in [6, 6.07) is 8.00. The highest BCUT2D eigenvalue weighted by Gasteiger charge is 2.11. The molecule has 2 aromatic heterocycles. The summed E-state index contributed by atoms with van der Waals surface area (Å²) < 4.78 is 0. The van der Waals surface area contributed by atoms with E-state index < -0.39 is 0 Å². The molecule has 0 aliphatic heterocycles. The maximum Gasteiger partial charge on any atom is 0.317 e. The Labute approximate surface area is 129 Å². The van der Waals surface area contributed by atoms with Gasteiger partial charge in [0, 0.05) is 37.4 Å². The van der Waals surface area contributed by atoms with Crippen LogP contribution < -0.4 is 5.32 Å². The molecule has 2 aromatic rings. The van der Waals surface area contributed by atoms with E-state index in [2.05, 4.69) is 34.7 Å². The van der Waals surface area contributed by atoms with Crippen molar-refractivity contribution in [2.75, 3.05) is 13.6 Å². The topological polar surface area (TPSA) is 45.2 Å². The molecule has 1 atom stereocenters. The van der Waals surface area contributed by atoms with Crippen molar-refractivity contribution < 1.29 is 4.79 Å².